The number of morpholine rings is 1. The summed E-state index contributed by atoms with van der Waals surface area (Å²) in [6.45, 7) is 2.28. The molecule has 2 saturated carbocycles. The number of amides is 2. The first-order chi connectivity index (χ1) is 13.2. The SMILES string of the molecule is O=C(N[C@@H](C(=O)N1CCOCC1)C1CC1)c1c[nH]c2ncc(C3CC3)nc12. The third-order valence-corrected chi connectivity index (χ3v) is 5.61. The van der Waals surface area contributed by atoms with Gasteiger partial charge in [0.25, 0.3) is 5.91 Å². The Morgan fingerprint density at radius 1 is 1.22 bits per heavy atom. The van der Waals surface area contributed by atoms with Crippen molar-refractivity contribution >= 4 is 23.0 Å². The van der Waals surface area contributed by atoms with Crippen molar-refractivity contribution in [3.63, 3.8) is 0 Å². The molecule has 2 aliphatic carbocycles. The van der Waals surface area contributed by atoms with Gasteiger partial charge in [-0.1, -0.05) is 0 Å². The van der Waals surface area contributed by atoms with Crippen LogP contribution in [0.2, 0.25) is 0 Å². The lowest BCUT2D eigenvalue weighted by atomic mass is 10.1. The van der Waals surface area contributed by atoms with Gasteiger partial charge in [0.05, 0.1) is 30.7 Å². The number of rotatable bonds is 5. The Hall–Kier alpha value is -2.48. The van der Waals surface area contributed by atoms with Crippen LogP contribution in [-0.2, 0) is 9.53 Å². The lowest BCUT2D eigenvalue weighted by molar-refractivity contribution is -0.137. The molecule has 27 heavy (non-hydrogen) atoms. The van der Waals surface area contributed by atoms with E-state index in [1.807, 2.05) is 0 Å². The van der Waals surface area contributed by atoms with Crippen LogP contribution in [-0.4, -0.2) is 64.0 Å². The number of aromatic nitrogens is 3. The van der Waals surface area contributed by atoms with E-state index in [1.165, 1.54) is 0 Å². The predicted octanol–water partition coefficient (Wildman–Crippen LogP) is 1.20. The summed E-state index contributed by atoms with van der Waals surface area (Å²) in [4.78, 5) is 39.7. The van der Waals surface area contributed by atoms with Gasteiger partial charge in [-0.2, -0.15) is 0 Å². The average molecular weight is 369 g/mol. The molecule has 8 heteroatoms. The number of hydrogen-bond acceptors (Lipinski definition) is 5. The van der Waals surface area contributed by atoms with E-state index in [2.05, 4.69) is 20.3 Å². The predicted molar refractivity (Wildman–Crippen MR) is 97.2 cm³/mol. The number of hydrogen-bond donors (Lipinski definition) is 2. The minimum atomic E-state index is -0.472. The molecule has 8 nitrogen and oxygen atoms in total. The number of H-pyrrole nitrogens is 1. The Kier molecular flexibility index (Phi) is 4.07. The second-order valence-corrected chi connectivity index (χ2v) is 7.69. The fourth-order valence-electron chi connectivity index (χ4n) is 3.66. The van der Waals surface area contributed by atoms with Gasteiger partial charge in [-0.3, -0.25) is 9.59 Å². The van der Waals surface area contributed by atoms with Gasteiger partial charge in [0.15, 0.2) is 5.65 Å². The van der Waals surface area contributed by atoms with E-state index in [1.54, 1.807) is 17.3 Å². The van der Waals surface area contributed by atoms with Crippen molar-refractivity contribution in [1.82, 2.24) is 25.2 Å². The second-order valence-electron chi connectivity index (χ2n) is 7.69. The van der Waals surface area contributed by atoms with Gasteiger partial charge in [-0.25, -0.2) is 9.97 Å². The Balaban J connectivity index is 1.37. The quantitative estimate of drug-likeness (QED) is 0.825. The van der Waals surface area contributed by atoms with Crippen LogP contribution in [0.25, 0.3) is 11.2 Å². The van der Waals surface area contributed by atoms with Crippen molar-refractivity contribution in [2.45, 2.75) is 37.6 Å². The molecule has 0 radical (unpaired) electrons. The van der Waals surface area contributed by atoms with E-state index in [0.717, 1.165) is 31.4 Å². The maximum atomic E-state index is 13.0. The van der Waals surface area contributed by atoms with Crippen LogP contribution in [0.5, 0.6) is 0 Å². The largest absolute Gasteiger partial charge is 0.378 e. The van der Waals surface area contributed by atoms with Crippen molar-refractivity contribution in [3.8, 4) is 0 Å². The van der Waals surface area contributed by atoms with Gasteiger partial charge in [-0.15, -0.1) is 0 Å². The molecule has 0 spiro atoms. The normalized spacial score (nSPS) is 21.3. The number of aromatic amines is 1. The molecule has 3 heterocycles. The third-order valence-electron chi connectivity index (χ3n) is 5.61. The number of carbonyl (C=O) groups excluding carboxylic acids is 2. The van der Waals surface area contributed by atoms with Crippen molar-refractivity contribution in [1.29, 1.82) is 0 Å². The number of carbonyl (C=O) groups is 2. The molecule has 2 aromatic rings. The number of nitrogens with zero attached hydrogens (tertiary/aromatic N) is 3. The molecular weight excluding hydrogens is 346 g/mol. The molecular formula is C19H23N5O3. The van der Waals surface area contributed by atoms with Gasteiger partial charge in [0.1, 0.15) is 11.6 Å². The lowest BCUT2D eigenvalue weighted by Gasteiger charge is -2.30. The summed E-state index contributed by atoms with van der Waals surface area (Å²) >= 11 is 0. The Morgan fingerprint density at radius 2 is 2.00 bits per heavy atom. The second kappa shape index (κ2) is 6.60. The smallest absolute Gasteiger partial charge is 0.255 e. The Bertz CT molecular complexity index is 881. The highest BCUT2D eigenvalue weighted by atomic mass is 16.5. The van der Waals surface area contributed by atoms with Gasteiger partial charge in [0, 0.05) is 25.2 Å². The molecule has 142 valence electrons. The summed E-state index contributed by atoms with van der Waals surface area (Å²) in [5.41, 5.74) is 2.59. The van der Waals surface area contributed by atoms with Gasteiger partial charge < -0.3 is 19.9 Å². The van der Waals surface area contributed by atoms with Gasteiger partial charge in [0.2, 0.25) is 5.91 Å². The first-order valence-electron chi connectivity index (χ1n) is 9.72. The molecule has 1 saturated heterocycles. The summed E-state index contributed by atoms with van der Waals surface area (Å²) in [7, 11) is 0. The molecule has 0 unspecified atom stereocenters. The summed E-state index contributed by atoms with van der Waals surface area (Å²) in [6, 6.07) is -0.472. The van der Waals surface area contributed by atoms with Gasteiger partial charge >= 0.3 is 0 Å². The highest BCUT2D eigenvalue weighted by Gasteiger charge is 2.40. The molecule has 0 bridgehead atoms. The summed E-state index contributed by atoms with van der Waals surface area (Å²) < 4.78 is 5.33. The monoisotopic (exact) mass is 369 g/mol. The molecule has 5 rings (SSSR count). The van der Waals surface area contributed by atoms with Crippen LogP contribution in [0.4, 0.5) is 0 Å². The molecule has 1 aliphatic heterocycles. The maximum absolute atomic E-state index is 13.0. The van der Waals surface area contributed by atoms with Crippen molar-refractivity contribution < 1.29 is 14.3 Å². The fourth-order valence-corrected chi connectivity index (χ4v) is 3.66. The minimum absolute atomic E-state index is 0.00116. The van der Waals surface area contributed by atoms with Crippen LogP contribution in [0.1, 0.15) is 47.7 Å². The number of fused-ring (bicyclic) bond motifs is 1. The summed E-state index contributed by atoms with van der Waals surface area (Å²) in [6.07, 6.45) is 7.63. The highest BCUT2D eigenvalue weighted by molar-refractivity contribution is 6.06. The first kappa shape index (κ1) is 16.7. The van der Waals surface area contributed by atoms with Crippen LogP contribution >= 0.6 is 0 Å². The minimum Gasteiger partial charge on any atom is -0.378 e. The number of ether oxygens (including phenoxy) is 1. The van der Waals surface area contributed by atoms with E-state index in [-0.39, 0.29) is 17.7 Å². The van der Waals surface area contributed by atoms with E-state index in [9.17, 15) is 9.59 Å². The summed E-state index contributed by atoms with van der Waals surface area (Å²) in [5, 5.41) is 2.98. The molecule has 0 aromatic carbocycles. The third kappa shape index (κ3) is 3.29. The highest BCUT2D eigenvalue weighted by Crippen LogP contribution is 2.39. The van der Waals surface area contributed by atoms with Crippen molar-refractivity contribution in [2.24, 2.45) is 5.92 Å². The van der Waals surface area contributed by atoms with E-state index in [4.69, 9.17) is 4.74 Å². The molecule has 1 atom stereocenters. The molecule has 3 fully saturated rings. The van der Waals surface area contributed by atoms with E-state index < -0.39 is 6.04 Å². The molecule has 3 aliphatic rings. The topological polar surface area (TPSA) is 100 Å². The summed E-state index contributed by atoms with van der Waals surface area (Å²) in [5.74, 6) is 0.429. The van der Waals surface area contributed by atoms with Crippen LogP contribution in [0, 0.1) is 5.92 Å². The standard InChI is InChI=1S/C19H23N5O3/c25-18(13-9-20-17-16(13)22-14(10-21-17)11-1-2-11)23-15(12-3-4-12)19(26)24-5-7-27-8-6-24/h9-12,15H,1-8H2,(H,20,21)(H,23,25)/t15-/m1/s1. The zero-order valence-corrected chi connectivity index (χ0v) is 15.1. The van der Waals surface area contributed by atoms with Crippen LogP contribution in [0.15, 0.2) is 12.4 Å². The van der Waals surface area contributed by atoms with Crippen molar-refractivity contribution in [2.75, 3.05) is 26.3 Å². The average Bonchev–Trinajstić information content (AvgIpc) is 3.62. The Morgan fingerprint density at radius 3 is 2.70 bits per heavy atom. The number of nitrogens with one attached hydrogen (secondary N) is 2. The van der Waals surface area contributed by atoms with Crippen LogP contribution in [0.3, 0.4) is 0 Å². The zero-order valence-electron chi connectivity index (χ0n) is 15.1. The lowest BCUT2D eigenvalue weighted by Crippen LogP contribution is -2.52. The Labute approximate surface area is 156 Å². The molecule has 2 aromatic heterocycles. The van der Waals surface area contributed by atoms with Gasteiger partial charge in [-0.05, 0) is 31.6 Å². The molecule has 2 amide bonds. The zero-order chi connectivity index (χ0) is 18.4. The fraction of sp³-hybridized carbons (Fsp3) is 0.579. The maximum Gasteiger partial charge on any atom is 0.255 e. The van der Waals surface area contributed by atoms with Crippen LogP contribution < -0.4 is 5.32 Å². The van der Waals surface area contributed by atoms with E-state index >= 15 is 0 Å². The first-order valence-corrected chi connectivity index (χ1v) is 9.72. The van der Waals surface area contributed by atoms with Crippen molar-refractivity contribution in [3.05, 3.63) is 23.7 Å². The molecule has 2 N–H and O–H groups in total. The van der Waals surface area contributed by atoms with E-state index in [0.29, 0.717) is 48.9 Å².